The monoisotopic (exact) mass is 310 g/mol. The largest absolute Gasteiger partial charge is 0.350 e. The Morgan fingerprint density at radius 3 is 3.00 bits per heavy atom. The number of likely N-dealkylation sites (tertiary alicyclic amines) is 1. The maximum atomic E-state index is 12.1. The third-order valence-electron chi connectivity index (χ3n) is 3.61. The molecule has 1 N–H and O–H groups in total. The average molecular weight is 311 g/mol. The van der Waals surface area contributed by atoms with Gasteiger partial charge in [0.1, 0.15) is 0 Å². The first-order valence-corrected chi connectivity index (χ1v) is 7.12. The normalized spacial score (nSPS) is 20.1. The summed E-state index contributed by atoms with van der Waals surface area (Å²) in [6.07, 6.45) is 2.40. The lowest BCUT2D eigenvalue weighted by atomic mass is 10.1. The predicted octanol–water partition coefficient (Wildman–Crippen LogP) is 2.58. The summed E-state index contributed by atoms with van der Waals surface area (Å²) >= 11 is 3.47. The first-order valence-electron chi connectivity index (χ1n) is 6.33. The van der Waals surface area contributed by atoms with Gasteiger partial charge in [-0.1, -0.05) is 12.1 Å². The molecule has 1 unspecified atom stereocenters. The summed E-state index contributed by atoms with van der Waals surface area (Å²) in [6.45, 7) is 3.86. The lowest BCUT2D eigenvalue weighted by Crippen LogP contribution is -2.38. The van der Waals surface area contributed by atoms with Crippen molar-refractivity contribution in [3.8, 4) is 0 Å². The van der Waals surface area contributed by atoms with Crippen LogP contribution in [-0.4, -0.2) is 37.0 Å². The summed E-state index contributed by atoms with van der Waals surface area (Å²) in [5, 5.41) is 3.03. The second-order valence-electron chi connectivity index (χ2n) is 4.92. The van der Waals surface area contributed by atoms with Crippen molar-refractivity contribution in [2.45, 2.75) is 25.8 Å². The van der Waals surface area contributed by atoms with Crippen LogP contribution in [0.5, 0.6) is 0 Å². The van der Waals surface area contributed by atoms with E-state index in [1.165, 1.54) is 12.8 Å². The van der Waals surface area contributed by atoms with Gasteiger partial charge < -0.3 is 10.2 Å². The van der Waals surface area contributed by atoms with E-state index in [0.29, 0.717) is 6.04 Å². The zero-order chi connectivity index (χ0) is 13.1. The van der Waals surface area contributed by atoms with E-state index in [2.05, 4.69) is 33.2 Å². The number of rotatable bonds is 3. The molecule has 1 heterocycles. The Balaban J connectivity index is 1.97. The van der Waals surface area contributed by atoms with Gasteiger partial charge in [0.15, 0.2) is 0 Å². The minimum Gasteiger partial charge on any atom is -0.350 e. The van der Waals surface area contributed by atoms with E-state index in [0.717, 1.165) is 28.7 Å². The molecule has 3 nitrogen and oxygen atoms in total. The number of amides is 1. The van der Waals surface area contributed by atoms with Crippen LogP contribution < -0.4 is 5.32 Å². The van der Waals surface area contributed by atoms with Gasteiger partial charge in [0.2, 0.25) is 0 Å². The van der Waals surface area contributed by atoms with E-state index in [1.54, 1.807) is 0 Å². The smallest absolute Gasteiger partial charge is 0.252 e. The number of benzene rings is 1. The number of carbonyl (C=O) groups excluding carboxylic acids is 1. The number of nitrogens with zero attached hydrogens (tertiary/aromatic N) is 1. The Labute approximate surface area is 117 Å². The van der Waals surface area contributed by atoms with E-state index >= 15 is 0 Å². The molecule has 0 aliphatic carbocycles. The average Bonchev–Trinajstić information content (AvgIpc) is 2.75. The zero-order valence-corrected chi connectivity index (χ0v) is 12.5. The Kier molecular flexibility index (Phi) is 4.40. The first kappa shape index (κ1) is 13.6. The van der Waals surface area contributed by atoms with Gasteiger partial charge in [-0.3, -0.25) is 4.79 Å². The summed E-state index contributed by atoms with van der Waals surface area (Å²) in [5.74, 6) is 0.00544. The number of hydrogen-bond acceptors (Lipinski definition) is 2. The van der Waals surface area contributed by atoms with Crippen LogP contribution in [-0.2, 0) is 0 Å². The topological polar surface area (TPSA) is 32.3 Å². The van der Waals surface area contributed by atoms with Crippen LogP contribution in [0, 0.1) is 6.92 Å². The molecule has 1 aromatic carbocycles. The van der Waals surface area contributed by atoms with Crippen LogP contribution >= 0.6 is 15.9 Å². The molecule has 1 saturated heterocycles. The number of hydrogen-bond donors (Lipinski definition) is 1. The third kappa shape index (κ3) is 2.93. The number of halogens is 1. The number of aryl methyl sites for hydroxylation is 1. The van der Waals surface area contributed by atoms with Gasteiger partial charge in [-0.05, 0) is 60.9 Å². The minimum atomic E-state index is 0.00544. The highest BCUT2D eigenvalue weighted by Gasteiger charge is 2.21. The molecule has 1 fully saturated rings. The van der Waals surface area contributed by atoms with Crippen molar-refractivity contribution in [1.29, 1.82) is 0 Å². The molecule has 0 radical (unpaired) electrons. The highest BCUT2D eigenvalue weighted by Crippen LogP contribution is 2.21. The molecule has 1 aromatic rings. The van der Waals surface area contributed by atoms with E-state index in [-0.39, 0.29) is 5.91 Å². The SMILES string of the molecule is Cc1cccc(C(=O)NCC2CCCN2C)c1Br. The van der Waals surface area contributed by atoms with Crippen molar-refractivity contribution in [1.82, 2.24) is 10.2 Å². The number of likely N-dealkylation sites (N-methyl/N-ethyl adjacent to an activating group) is 1. The van der Waals surface area contributed by atoms with Gasteiger partial charge in [-0.25, -0.2) is 0 Å². The van der Waals surface area contributed by atoms with Gasteiger partial charge in [0, 0.05) is 17.1 Å². The minimum absolute atomic E-state index is 0.00544. The summed E-state index contributed by atoms with van der Waals surface area (Å²) < 4.78 is 0.891. The van der Waals surface area contributed by atoms with Crippen LogP contribution in [0.25, 0.3) is 0 Å². The molecule has 0 spiro atoms. The molecule has 4 heteroatoms. The fraction of sp³-hybridized carbons (Fsp3) is 0.500. The number of nitrogens with one attached hydrogen (secondary N) is 1. The fourth-order valence-corrected chi connectivity index (χ4v) is 2.81. The lowest BCUT2D eigenvalue weighted by molar-refractivity contribution is 0.0943. The zero-order valence-electron chi connectivity index (χ0n) is 10.9. The predicted molar refractivity (Wildman–Crippen MR) is 76.9 cm³/mol. The van der Waals surface area contributed by atoms with Crippen LogP contribution in [0.15, 0.2) is 22.7 Å². The maximum Gasteiger partial charge on any atom is 0.252 e. The van der Waals surface area contributed by atoms with E-state index in [1.807, 2.05) is 25.1 Å². The van der Waals surface area contributed by atoms with E-state index in [9.17, 15) is 4.79 Å². The molecule has 1 aliphatic rings. The number of carbonyl (C=O) groups is 1. The third-order valence-corrected chi connectivity index (χ3v) is 4.66. The molecule has 1 amide bonds. The van der Waals surface area contributed by atoms with Gasteiger partial charge in [-0.15, -0.1) is 0 Å². The molecule has 1 atom stereocenters. The van der Waals surface area contributed by atoms with Gasteiger partial charge in [0.05, 0.1) is 5.56 Å². The Morgan fingerprint density at radius 2 is 2.33 bits per heavy atom. The Bertz CT molecular complexity index is 447. The van der Waals surface area contributed by atoms with Gasteiger partial charge in [-0.2, -0.15) is 0 Å². The van der Waals surface area contributed by atoms with Crippen molar-refractivity contribution in [3.05, 3.63) is 33.8 Å². The molecule has 2 rings (SSSR count). The van der Waals surface area contributed by atoms with Gasteiger partial charge in [0.25, 0.3) is 5.91 Å². The van der Waals surface area contributed by atoms with Crippen LogP contribution in [0.2, 0.25) is 0 Å². The van der Waals surface area contributed by atoms with Crippen molar-refractivity contribution in [2.24, 2.45) is 0 Å². The lowest BCUT2D eigenvalue weighted by Gasteiger charge is -2.19. The Hall–Kier alpha value is -0.870. The molecule has 1 aliphatic heterocycles. The molecular weight excluding hydrogens is 292 g/mol. The van der Waals surface area contributed by atoms with Crippen molar-refractivity contribution < 1.29 is 4.79 Å². The fourth-order valence-electron chi connectivity index (χ4n) is 2.37. The van der Waals surface area contributed by atoms with E-state index in [4.69, 9.17) is 0 Å². The first-order chi connectivity index (χ1) is 8.59. The van der Waals surface area contributed by atoms with Crippen molar-refractivity contribution >= 4 is 21.8 Å². The molecule has 0 bridgehead atoms. The quantitative estimate of drug-likeness (QED) is 0.930. The summed E-state index contributed by atoms with van der Waals surface area (Å²) in [6, 6.07) is 6.24. The summed E-state index contributed by atoms with van der Waals surface area (Å²) in [7, 11) is 2.12. The molecule has 98 valence electrons. The van der Waals surface area contributed by atoms with Crippen molar-refractivity contribution in [2.75, 3.05) is 20.1 Å². The van der Waals surface area contributed by atoms with Crippen LogP contribution in [0.4, 0.5) is 0 Å². The van der Waals surface area contributed by atoms with E-state index < -0.39 is 0 Å². The second-order valence-corrected chi connectivity index (χ2v) is 5.72. The van der Waals surface area contributed by atoms with Crippen LogP contribution in [0.1, 0.15) is 28.8 Å². The van der Waals surface area contributed by atoms with Crippen LogP contribution in [0.3, 0.4) is 0 Å². The highest BCUT2D eigenvalue weighted by molar-refractivity contribution is 9.10. The summed E-state index contributed by atoms with van der Waals surface area (Å²) in [5.41, 5.74) is 1.80. The second kappa shape index (κ2) is 5.85. The van der Waals surface area contributed by atoms with Gasteiger partial charge >= 0.3 is 0 Å². The molecule has 0 saturated carbocycles. The molecule has 18 heavy (non-hydrogen) atoms. The van der Waals surface area contributed by atoms with Crippen molar-refractivity contribution in [3.63, 3.8) is 0 Å². The molecular formula is C14H19BrN2O. The maximum absolute atomic E-state index is 12.1. The highest BCUT2D eigenvalue weighted by atomic mass is 79.9. The summed E-state index contributed by atoms with van der Waals surface area (Å²) in [4.78, 5) is 14.4. The standard InChI is InChI=1S/C14H19BrN2O/c1-10-5-3-7-12(13(10)15)14(18)16-9-11-6-4-8-17(11)2/h3,5,7,11H,4,6,8-9H2,1-2H3,(H,16,18). The Morgan fingerprint density at radius 1 is 1.56 bits per heavy atom. The molecule has 0 aromatic heterocycles.